The van der Waals surface area contributed by atoms with E-state index in [9.17, 15) is 0 Å². The van der Waals surface area contributed by atoms with E-state index >= 15 is 0 Å². The Bertz CT molecular complexity index is 2390. The second kappa shape index (κ2) is 9.92. The molecule has 214 valence electrons. The number of thiophene rings is 1. The lowest BCUT2D eigenvalue weighted by Crippen LogP contribution is -2.14. The van der Waals surface area contributed by atoms with Crippen LogP contribution in [0.3, 0.4) is 0 Å². The maximum Gasteiger partial charge on any atom is 0.0640 e. The molecule has 1 aliphatic carbocycles. The van der Waals surface area contributed by atoms with Crippen molar-refractivity contribution < 1.29 is 0 Å². The normalized spacial score (nSPS) is 13.3. The first-order chi connectivity index (χ1) is 22.1. The third-order valence-corrected chi connectivity index (χ3v) is 10.9. The first-order valence-electron chi connectivity index (χ1n) is 15.6. The van der Waals surface area contributed by atoms with E-state index in [1.54, 1.807) is 0 Å². The summed E-state index contributed by atoms with van der Waals surface area (Å²) in [6.07, 6.45) is 0. The van der Waals surface area contributed by atoms with Crippen molar-refractivity contribution in [3.05, 3.63) is 163 Å². The highest BCUT2D eigenvalue weighted by Crippen LogP contribution is 2.55. The van der Waals surface area contributed by atoms with E-state index in [-0.39, 0.29) is 5.41 Å². The monoisotopic (exact) mass is 593 g/mol. The number of hydrogen-bond donors (Lipinski definition) is 0. The second-order valence-corrected chi connectivity index (χ2v) is 13.6. The van der Waals surface area contributed by atoms with Gasteiger partial charge in [-0.2, -0.15) is 0 Å². The molecule has 0 unspecified atom stereocenters. The fourth-order valence-electron chi connectivity index (χ4n) is 7.45. The number of rotatable bonds is 4. The smallest absolute Gasteiger partial charge is 0.0640 e. The SMILES string of the molecule is CC1(C)c2ccccc2-c2c1ccc1c2sc2c(N(c3ccc(-c4ccccc4)cc3)c3cccc4ccccc34)cccc21. The van der Waals surface area contributed by atoms with E-state index in [0.29, 0.717) is 0 Å². The number of fused-ring (bicyclic) bond motifs is 8. The average molecular weight is 594 g/mol. The van der Waals surface area contributed by atoms with Crippen LogP contribution in [0.4, 0.5) is 17.1 Å². The molecule has 0 aliphatic heterocycles. The summed E-state index contributed by atoms with van der Waals surface area (Å²) in [5.41, 5.74) is 11.6. The number of benzene rings is 7. The molecule has 0 spiro atoms. The van der Waals surface area contributed by atoms with Crippen LogP contribution in [-0.2, 0) is 5.41 Å². The van der Waals surface area contributed by atoms with Crippen molar-refractivity contribution >= 4 is 59.3 Å². The second-order valence-electron chi connectivity index (χ2n) is 12.5. The molecular weight excluding hydrogens is 563 g/mol. The Balaban J connectivity index is 1.31. The number of anilines is 3. The minimum atomic E-state index is -0.0192. The van der Waals surface area contributed by atoms with Gasteiger partial charge in [0.15, 0.2) is 0 Å². The van der Waals surface area contributed by atoms with Crippen LogP contribution in [0.2, 0.25) is 0 Å². The molecule has 9 rings (SSSR count). The molecular formula is C43H31NS. The quantitative estimate of drug-likeness (QED) is 0.196. The Morgan fingerprint density at radius 3 is 1.98 bits per heavy atom. The van der Waals surface area contributed by atoms with E-state index < -0.39 is 0 Å². The van der Waals surface area contributed by atoms with Gasteiger partial charge >= 0.3 is 0 Å². The maximum absolute atomic E-state index is 2.47. The Hall–Kier alpha value is -5.18. The largest absolute Gasteiger partial charge is 0.308 e. The molecule has 0 radical (unpaired) electrons. The van der Waals surface area contributed by atoms with Crippen LogP contribution in [0.1, 0.15) is 25.0 Å². The molecule has 0 amide bonds. The molecule has 1 aromatic heterocycles. The molecule has 0 fully saturated rings. The van der Waals surface area contributed by atoms with Gasteiger partial charge in [0.25, 0.3) is 0 Å². The van der Waals surface area contributed by atoms with Gasteiger partial charge in [-0.1, -0.05) is 141 Å². The standard InChI is InChI=1S/C43H31NS/c1-43(2)36-19-9-8-17-35(36)40-37(43)27-26-34-33-18-11-21-39(41(33)45-42(34)40)44(38-20-10-15-30-14-6-7-16-32(30)38)31-24-22-29(23-25-31)28-12-4-3-5-13-28/h3-27H,1-2H3. The van der Waals surface area contributed by atoms with Crippen molar-refractivity contribution in [3.8, 4) is 22.3 Å². The van der Waals surface area contributed by atoms with E-state index in [1.807, 2.05) is 11.3 Å². The van der Waals surface area contributed by atoms with Crippen LogP contribution in [0.15, 0.2) is 152 Å². The summed E-state index contributed by atoms with van der Waals surface area (Å²) in [5, 5.41) is 5.12. The summed E-state index contributed by atoms with van der Waals surface area (Å²) in [4.78, 5) is 2.47. The summed E-state index contributed by atoms with van der Waals surface area (Å²) in [6.45, 7) is 4.73. The van der Waals surface area contributed by atoms with Gasteiger partial charge in [0, 0.05) is 37.5 Å². The Morgan fingerprint density at radius 1 is 0.467 bits per heavy atom. The highest BCUT2D eigenvalue weighted by atomic mass is 32.1. The zero-order valence-corrected chi connectivity index (χ0v) is 26.1. The van der Waals surface area contributed by atoms with Crippen molar-refractivity contribution in [2.75, 3.05) is 4.90 Å². The first kappa shape index (κ1) is 26.2. The van der Waals surface area contributed by atoms with Gasteiger partial charge < -0.3 is 4.90 Å². The fraction of sp³-hybridized carbons (Fsp3) is 0.0698. The van der Waals surface area contributed by atoms with E-state index in [4.69, 9.17) is 0 Å². The van der Waals surface area contributed by atoms with E-state index in [1.165, 1.54) is 75.7 Å². The molecule has 0 saturated heterocycles. The van der Waals surface area contributed by atoms with Crippen molar-refractivity contribution in [1.29, 1.82) is 0 Å². The summed E-state index contributed by atoms with van der Waals surface area (Å²) in [6, 6.07) is 55.6. The van der Waals surface area contributed by atoms with Crippen LogP contribution in [-0.4, -0.2) is 0 Å². The Labute approximate surface area is 267 Å². The minimum Gasteiger partial charge on any atom is -0.308 e. The van der Waals surface area contributed by atoms with Crippen molar-refractivity contribution in [1.82, 2.24) is 0 Å². The fourth-order valence-corrected chi connectivity index (χ4v) is 8.81. The zero-order chi connectivity index (χ0) is 30.1. The van der Waals surface area contributed by atoms with Gasteiger partial charge in [0.1, 0.15) is 0 Å². The third kappa shape index (κ3) is 3.92. The minimum absolute atomic E-state index is 0.0192. The van der Waals surface area contributed by atoms with Crippen LogP contribution < -0.4 is 4.90 Å². The van der Waals surface area contributed by atoms with Crippen LogP contribution in [0.25, 0.3) is 53.2 Å². The van der Waals surface area contributed by atoms with Gasteiger partial charge in [0.2, 0.25) is 0 Å². The first-order valence-corrected chi connectivity index (χ1v) is 16.4. The predicted molar refractivity (Wildman–Crippen MR) is 195 cm³/mol. The zero-order valence-electron chi connectivity index (χ0n) is 25.3. The van der Waals surface area contributed by atoms with Gasteiger partial charge in [0.05, 0.1) is 16.1 Å². The summed E-state index contributed by atoms with van der Waals surface area (Å²) >= 11 is 1.94. The Kier molecular flexibility index (Phi) is 5.78. The molecule has 1 aliphatic rings. The van der Waals surface area contributed by atoms with Crippen molar-refractivity contribution in [2.24, 2.45) is 0 Å². The van der Waals surface area contributed by atoms with Crippen LogP contribution in [0.5, 0.6) is 0 Å². The molecule has 8 aromatic rings. The van der Waals surface area contributed by atoms with E-state index in [2.05, 4.69) is 170 Å². The molecule has 1 heterocycles. The summed E-state index contributed by atoms with van der Waals surface area (Å²) in [7, 11) is 0. The molecule has 45 heavy (non-hydrogen) atoms. The summed E-state index contributed by atoms with van der Waals surface area (Å²) in [5.74, 6) is 0. The maximum atomic E-state index is 2.47. The number of nitrogens with zero attached hydrogens (tertiary/aromatic N) is 1. The topological polar surface area (TPSA) is 3.24 Å². The number of hydrogen-bond acceptors (Lipinski definition) is 2. The lowest BCUT2D eigenvalue weighted by molar-refractivity contribution is 0.661. The lowest BCUT2D eigenvalue weighted by Gasteiger charge is -2.27. The van der Waals surface area contributed by atoms with Crippen molar-refractivity contribution in [2.45, 2.75) is 19.3 Å². The average Bonchev–Trinajstić information content (AvgIpc) is 3.59. The molecule has 0 saturated carbocycles. The highest BCUT2D eigenvalue weighted by molar-refractivity contribution is 7.27. The van der Waals surface area contributed by atoms with Crippen molar-refractivity contribution in [3.63, 3.8) is 0 Å². The molecule has 0 N–H and O–H groups in total. The van der Waals surface area contributed by atoms with Gasteiger partial charge in [-0.15, -0.1) is 11.3 Å². The van der Waals surface area contributed by atoms with E-state index in [0.717, 1.165) is 5.69 Å². The predicted octanol–water partition coefficient (Wildman–Crippen LogP) is 12.7. The molecule has 2 heteroatoms. The molecule has 0 bridgehead atoms. The molecule has 7 aromatic carbocycles. The molecule has 0 atom stereocenters. The highest BCUT2D eigenvalue weighted by Gasteiger charge is 2.37. The van der Waals surface area contributed by atoms with Gasteiger partial charge in [-0.3, -0.25) is 0 Å². The third-order valence-electron chi connectivity index (χ3n) is 9.67. The lowest BCUT2D eigenvalue weighted by atomic mass is 9.82. The van der Waals surface area contributed by atoms with Gasteiger partial charge in [-0.05, 0) is 57.5 Å². The summed E-state index contributed by atoms with van der Waals surface area (Å²) < 4.78 is 2.69. The van der Waals surface area contributed by atoms with Crippen LogP contribution in [0, 0.1) is 0 Å². The van der Waals surface area contributed by atoms with Crippen LogP contribution >= 0.6 is 11.3 Å². The van der Waals surface area contributed by atoms with Gasteiger partial charge in [-0.25, -0.2) is 0 Å². The molecule has 1 nitrogen and oxygen atoms in total. The Morgan fingerprint density at radius 2 is 1.11 bits per heavy atom.